The van der Waals surface area contributed by atoms with Gasteiger partial charge in [0.25, 0.3) is 0 Å². The van der Waals surface area contributed by atoms with E-state index >= 15 is 0 Å². The van der Waals surface area contributed by atoms with E-state index in [1.165, 1.54) is 38.5 Å². The van der Waals surface area contributed by atoms with Crippen molar-refractivity contribution in [3.63, 3.8) is 0 Å². The molecule has 2 heteroatoms. The molecule has 2 N–H and O–H groups in total. The molecule has 17 heavy (non-hydrogen) atoms. The average molecular weight is 239 g/mol. The fourth-order valence-electron chi connectivity index (χ4n) is 2.74. The number of nitrogens with two attached hydrogens (primary N) is 1. The molecule has 0 radical (unpaired) electrons. The van der Waals surface area contributed by atoms with Crippen molar-refractivity contribution in [3.05, 3.63) is 0 Å². The largest absolute Gasteiger partial charge is 0.321 e. The van der Waals surface area contributed by atoms with E-state index in [4.69, 9.17) is 5.73 Å². The van der Waals surface area contributed by atoms with Crippen LogP contribution < -0.4 is 5.73 Å². The van der Waals surface area contributed by atoms with Crippen LogP contribution in [0.2, 0.25) is 0 Å². The molecule has 0 saturated heterocycles. The second-order valence-corrected chi connectivity index (χ2v) is 6.30. The van der Waals surface area contributed by atoms with Gasteiger partial charge in [0, 0.05) is 5.41 Å². The highest BCUT2D eigenvalue weighted by Crippen LogP contribution is 2.29. The molecule has 1 atom stereocenters. The van der Waals surface area contributed by atoms with Crippen molar-refractivity contribution in [1.29, 1.82) is 0 Å². The van der Waals surface area contributed by atoms with Crippen LogP contribution in [-0.2, 0) is 4.79 Å². The van der Waals surface area contributed by atoms with Gasteiger partial charge in [-0.1, -0.05) is 59.3 Å². The summed E-state index contributed by atoms with van der Waals surface area (Å²) in [6.07, 6.45) is 9.69. The van der Waals surface area contributed by atoms with Gasteiger partial charge in [-0.3, -0.25) is 4.79 Å². The van der Waals surface area contributed by atoms with Gasteiger partial charge in [0.15, 0.2) is 5.78 Å². The number of carbonyl (C=O) groups excluding carboxylic acids is 1. The van der Waals surface area contributed by atoms with Crippen LogP contribution in [-0.4, -0.2) is 11.8 Å². The number of ketones is 1. The molecule has 0 aromatic carbocycles. The normalized spacial score (nSPS) is 20.9. The molecule has 0 aromatic rings. The number of carbonyl (C=O) groups is 1. The minimum Gasteiger partial charge on any atom is -0.321 e. The molecule has 0 spiro atoms. The van der Waals surface area contributed by atoms with Crippen LogP contribution in [0.4, 0.5) is 0 Å². The van der Waals surface area contributed by atoms with Gasteiger partial charge < -0.3 is 5.73 Å². The topological polar surface area (TPSA) is 43.1 Å². The Bertz CT molecular complexity index is 239. The fraction of sp³-hybridized carbons (Fsp3) is 0.933. The Hall–Kier alpha value is -0.370. The van der Waals surface area contributed by atoms with Crippen molar-refractivity contribution in [3.8, 4) is 0 Å². The summed E-state index contributed by atoms with van der Waals surface area (Å²) in [5.41, 5.74) is 5.87. The molecule has 100 valence electrons. The molecule has 0 aromatic heterocycles. The number of hydrogen-bond donors (Lipinski definition) is 1. The zero-order valence-corrected chi connectivity index (χ0v) is 11.8. The minimum absolute atomic E-state index is 0.243. The molecular formula is C15H29NO. The van der Waals surface area contributed by atoms with E-state index in [-0.39, 0.29) is 17.2 Å². The lowest BCUT2D eigenvalue weighted by molar-refractivity contribution is -0.129. The molecule has 0 amide bonds. The number of rotatable bonds is 5. The van der Waals surface area contributed by atoms with Crippen LogP contribution in [0, 0.1) is 11.3 Å². The third-order valence-corrected chi connectivity index (χ3v) is 4.45. The lowest BCUT2D eigenvalue weighted by Crippen LogP contribution is -2.41. The number of Topliss-reactive ketones (excluding diaryl/α,β-unsaturated/α-hetero) is 1. The summed E-state index contributed by atoms with van der Waals surface area (Å²) in [5, 5.41) is 0. The Labute approximate surface area is 106 Å². The second-order valence-electron chi connectivity index (χ2n) is 6.30. The van der Waals surface area contributed by atoms with Crippen molar-refractivity contribution in [2.45, 2.75) is 78.2 Å². The predicted octanol–water partition coefficient (Wildman–Crippen LogP) is 3.68. The first-order valence-corrected chi connectivity index (χ1v) is 7.27. The van der Waals surface area contributed by atoms with Crippen LogP contribution in [0.5, 0.6) is 0 Å². The zero-order valence-electron chi connectivity index (χ0n) is 11.8. The van der Waals surface area contributed by atoms with E-state index in [0.29, 0.717) is 5.92 Å². The van der Waals surface area contributed by atoms with Crippen molar-refractivity contribution < 1.29 is 4.79 Å². The van der Waals surface area contributed by atoms with Gasteiger partial charge in [-0.25, -0.2) is 0 Å². The van der Waals surface area contributed by atoms with E-state index in [1.54, 1.807) is 0 Å². The van der Waals surface area contributed by atoms with Crippen molar-refractivity contribution in [2.24, 2.45) is 17.1 Å². The van der Waals surface area contributed by atoms with Crippen LogP contribution in [0.3, 0.4) is 0 Å². The Morgan fingerprint density at radius 2 is 1.76 bits per heavy atom. The predicted molar refractivity (Wildman–Crippen MR) is 72.9 cm³/mol. The van der Waals surface area contributed by atoms with E-state index in [1.807, 2.05) is 13.8 Å². The Morgan fingerprint density at radius 3 is 2.24 bits per heavy atom. The first-order chi connectivity index (χ1) is 7.97. The molecule has 1 saturated carbocycles. The molecule has 1 aliphatic carbocycles. The minimum atomic E-state index is -0.246. The van der Waals surface area contributed by atoms with Gasteiger partial charge in [-0.15, -0.1) is 0 Å². The maximum absolute atomic E-state index is 12.2. The fourth-order valence-corrected chi connectivity index (χ4v) is 2.74. The van der Waals surface area contributed by atoms with Gasteiger partial charge >= 0.3 is 0 Å². The zero-order chi connectivity index (χ0) is 12.9. The van der Waals surface area contributed by atoms with E-state index in [0.717, 1.165) is 12.8 Å². The SMILES string of the molecule is CCC(C)(C)C(=O)C(N)CC1CCCCCC1. The van der Waals surface area contributed by atoms with Gasteiger partial charge in [0.2, 0.25) is 0 Å². The maximum Gasteiger partial charge on any atom is 0.155 e. The monoisotopic (exact) mass is 239 g/mol. The van der Waals surface area contributed by atoms with Crippen molar-refractivity contribution in [1.82, 2.24) is 0 Å². The summed E-state index contributed by atoms with van der Waals surface area (Å²) >= 11 is 0. The van der Waals surface area contributed by atoms with E-state index in [2.05, 4.69) is 6.92 Å². The summed E-state index contributed by atoms with van der Waals surface area (Å²) in [5.74, 6) is 0.938. The van der Waals surface area contributed by atoms with Crippen LogP contribution in [0.15, 0.2) is 0 Å². The third-order valence-electron chi connectivity index (χ3n) is 4.45. The van der Waals surface area contributed by atoms with Gasteiger partial charge in [0.05, 0.1) is 6.04 Å². The van der Waals surface area contributed by atoms with Crippen molar-refractivity contribution >= 4 is 5.78 Å². The van der Waals surface area contributed by atoms with Crippen LogP contribution >= 0.6 is 0 Å². The van der Waals surface area contributed by atoms with Gasteiger partial charge in [-0.05, 0) is 18.8 Å². The Morgan fingerprint density at radius 1 is 1.24 bits per heavy atom. The molecule has 2 nitrogen and oxygen atoms in total. The highest BCUT2D eigenvalue weighted by molar-refractivity contribution is 5.88. The Kier molecular flexibility index (Phi) is 5.64. The highest BCUT2D eigenvalue weighted by atomic mass is 16.1. The van der Waals surface area contributed by atoms with Crippen LogP contribution in [0.1, 0.15) is 72.1 Å². The highest BCUT2D eigenvalue weighted by Gasteiger charge is 2.31. The molecule has 0 aliphatic heterocycles. The molecule has 0 bridgehead atoms. The van der Waals surface area contributed by atoms with E-state index in [9.17, 15) is 4.79 Å². The first-order valence-electron chi connectivity index (χ1n) is 7.27. The molecule has 0 heterocycles. The quantitative estimate of drug-likeness (QED) is 0.744. The molecule has 1 aliphatic rings. The Balaban J connectivity index is 2.47. The maximum atomic E-state index is 12.2. The smallest absolute Gasteiger partial charge is 0.155 e. The van der Waals surface area contributed by atoms with Crippen LogP contribution in [0.25, 0.3) is 0 Å². The van der Waals surface area contributed by atoms with Gasteiger partial charge in [-0.2, -0.15) is 0 Å². The molecule has 1 rings (SSSR count). The van der Waals surface area contributed by atoms with E-state index < -0.39 is 0 Å². The lowest BCUT2D eigenvalue weighted by atomic mass is 9.79. The summed E-state index contributed by atoms with van der Waals surface area (Å²) in [6, 6.07) is -0.243. The van der Waals surface area contributed by atoms with Gasteiger partial charge in [0.1, 0.15) is 0 Å². The summed E-state index contributed by atoms with van der Waals surface area (Å²) in [4.78, 5) is 12.2. The third kappa shape index (κ3) is 4.42. The molecule has 1 unspecified atom stereocenters. The average Bonchev–Trinajstić information content (AvgIpc) is 2.56. The lowest BCUT2D eigenvalue weighted by Gasteiger charge is -2.27. The standard InChI is InChI=1S/C15H29NO/c1-4-15(2,3)14(17)13(16)11-12-9-7-5-6-8-10-12/h12-13H,4-11,16H2,1-3H3. The molecule has 1 fully saturated rings. The first kappa shape index (κ1) is 14.7. The van der Waals surface area contributed by atoms with Crippen molar-refractivity contribution in [2.75, 3.05) is 0 Å². The number of hydrogen-bond acceptors (Lipinski definition) is 2. The summed E-state index contributed by atoms with van der Waals surface area (Å²) < 4.78 is 0. The second kappa shape index (κ2) is 6.53. The molecular weight excluding hydrogens is 210 g/mol. The summed E-state index contributed by atoms with van der Waals surface area (Å²) in [7, 11) is 0. The summed E-state index contributed by atoms with van der Waals surface area (Å²) in [6.45, 7) is 6.10.